The van der Waals surface area contributed by atoms with Crippen LogP contribution in [0.5, 0.6) is 0 Å². The fourth-order valence-corrected chi connectivity index (χ4v) is 4.03. The highest BCUT2D eigenvalue weighted by Crippen LogP contribution is 2.58. The quantitative estimate of drug-likeness (QED) is 0.801. The van der Waals surface area contributed by atoms with Crippen LogP contribution in [0.25, 0.3) is 0 Å². The molecule has 0 aromatic heterocycles. The molecule has 1 aliphatic heterocycles. The number of benzene rings is 1. The zero-order valence-corrected chi connectivity index (χ0v) is 11.6. The topological polar surface area (TPSA) is 20.3 Å². The number of likely N-dealkylation sites (tertiary alicyclic amines) is 1. The minimum Gasteiger partial charge on any atom is -0.341 e. The molecule has 102 valence electrons. The van der Waals surface area contributed by atoms with Gasteiger partial charge in [-0.05, 0) is 36.0 Å². The minimum atomic E-state index is -0.254. The summed E-state index contributed by atoms with van der Waals surface area (Å²) in [6.45, 7) is 6.41. The third kappa shape index (κ3) is 2.38. The number of hydrogen-bond acceptors (Lipinski definition) is 1. The standard InChI is InChI=1S/C16H20FNO/c1-15(2)8-16(9-15)10-18(11-16)14(19)7-12-3-5-13(17)6-4-12/h3-6H,7-11H2,1-2H3. The highest BCUT2D eigenvalue weighted by atomic mass is 19.1. The van der Waals surface area contributed by atoms with E-state index in [1.165, 1.54) is 25.0 Å². The lowest BCUT2D eigenvalue weighted by Crippen LogP contribution is -2.65. The summed E-state index contributed by atoms with van der Waals surface area (Å²) >= 11 is 0. The van der Waals surface area contributed by atoms with Crippen LogP contribution in [0, 0.1) is 16.6 Å². The van der Waals surface area contributed by atoms with Crippen molar-refractivity contribution >= 4 is 5.91 Å². The van der Waals surface area contributed by atoms with E-state index in [1.807, 2.05) is 4.90 Å². The average molecular weight is 261 g/mol. The van der Waals surface area contributed by atoms with Crippen LogP contribution in [0.1, 0.15) is 32.3 Å². The van der Waals surface area contributed by atoms with Crippen LogP contribution in [0.2, 0.25) is 0 Å². The molecule has 1 aromatic rings. The van der Waals surface area contributed by atoms with Crippen molar-refractivity contribution in [1.82, 2.24) is 4.90 Å². The second kappa shape index (κ2) is 4.06. The molecule has 2 fully saturated rings. The summed E-state index contributed by atoms with van der Waals surface area (Å²) in [7, 11) is 0. The summed E-state index contributed by atoms with van der Waals surface area (Å²) in [5.41, 5.74) is 1.77. The molecule has 0 atom stereocenters. The molecule has 0 radical (unpaired) electrons. The van der Waals surface area contributed by atoms with Crippen LogP contribution >= 0.6 is 0 Å². The molecule has 1 heterocycles. The van der Waals surface area contributed by atoms with Crippen molar-refractivity contribution in [3.8, 4) is 0 Å². The molecule has 0 N–H and O–H groups in total. The molecule has 1 saturated carbocycles. The van der Waals surface area contributed by atoms with Crippen molar-refractivity contribution in [3.05, 3.63) is 35.6 Å². The molecule has 3 heteroatoms. The molecule has 1 aromatic carbocycles. The zero-order valence-electron chi connectivity index (χ0n) is 11.6. The lowest BCUT2D eigenvalue weighted by molar-refractivity contribution is -0.163. The Morgan fingerprint density at radius 2 is 1.79 bits per heavy atom. The highest BCUT2D eigenvalue weighted by molar-refractivity contribution is 5.79. The summed E-state index contributed by atoms with van der Waals surface area (Å²) in [6, 6.07) is 6.20. The van der Waals surface area contributed by atoms with Crippen molar-refractivity contribution in [2.45, 2.75) is 33.1 Å². The Morgan fingerprint density at radius 1 is 1.21 bits per heavy atom. The first-order valence-electron chi connectivity index (χ1n) is 6.90. The van der Waals surface area contributed by atoms with Gasteiger partial charge in [-0.1, -0.05) is 26.0 Å². The highest BCUT2D eigenvalue weighted by Gasteiger charge is 2.56. The van der Waals surface area contributed by atoms with Gasteiger partial charge in [0.1, 0.15) is 5.82 Å². The van der Waals surface area contributed by atoms with E-state index in [0.29, 0.717) is 17.3 Å². The summed E-state index contributed by atoms with van der Waals surface area (Å²) < 4.78 is 12.8. The van der Waals surface area contributed by atoms with Crippen molar-refractivity contribution in [2.75, 3.05) is 13.1 Å². The molecular weight excluding hydrogens is 241 g/mol. The average Bonchev–Trinajstić information content (AvgIpc) is 2.25. The Bertz CT molecular complexity index is 490. The zero-order chi connectivity index (χ0) is 13.7. The maximum atomic E-state index is 12.8. The fraction of sp³-hybridized carbons (Fsp3) is 0.562. The number of hydrogen-bond donors (Lipinski definition) is 0. The number of carbonyl (C=O) groups is 1. The van der Waals surface area contributed by atoms with Gasteiger partial charge in [0, 0.05) is 18.5 Å². The van der Waals surface area contributed by atoms with Gasteiger partial charge in [0.2, 0.25) is 5.91 Å². The molecule has 3 rings (SSSR count). The first-order chi connectivity index (χ1) is 8.88. The van der Waals surface area contributed by atoms with Crippen molar-refractivity contribution in [2.24, 2.45) is 10.8 Å². The molecule has 0 bridgehead atoms. The minimum absolute atomic E-state index is 0.168. The maximum absolute atomic E-state index is 12.8. The van der Waals surface area contributed by atoms with Crippen LogP contribution < -0.4 is 0 Å². The van der Waals surface area contributed by atoms with Gasteiger partial charge in [-0.3, -0.25) is 4.79 Å². The smallest absolute Gasteiger partial charge is 0.227 e. The fourth-order valence-electron chi connectivity index (χ4n) is 4.03. The Kier molecular flexibility index (Phi) is 2.70. The molecular formula is C16H20FNO. The largest absolute Gasteiger partial charge is 0.341 e. The molecule has 1 spiro atoms. The van der Waals surface area contributed by atoms with Gasteiger partial charge < -0.3 is 4.90 Å². The Balaban J connectivity index is 1.52. The van der Waals surface area contributed by atoms with Crippen LogP contribution in [0.3, 0.4) is 0 Å². The van der Waals surface area contributed by atoms with Gasteiger partial charge in [0.25, 0.3) is 0 Å². The molecule has 1 amide bonds. The van der Waals surface area contributed by atoms with E-state index < -0.39 is 0 Å². The SMILES string of the molecule is CC1(C)CC2(CN(C(=O)Cc3ccc(F)cc3)C2)C1. The molecule has 2 aliphatic rings. The number of rotatable bonds is 2. The monoisotopic (exact) mass is 261 g/mol. The van der Waals surface area contributed by atoms with E-state index in [4.69, 9.17) is 0 Å². The van der Waals surface area contributed by atoms with Gasteiger partial charge >= 0.3 is 0 Å². The second-order valence-corrected chi connectivity index (χ2v) is 7.07. The predicted octanol–water partition coefficient (Wildman–Crippen LogP) is 3.02. The van der Waals surface area contributed by atoms with E-state index in [9.17, 15) is 9.18 Å². The first-order valence-corrected chi connectivity index (χ1v) is 6.90. The lowest BCUT2D eigenvalue weighted by atomic mass is 9.51. The van der Waals surface area contributed by atoms with Gasteiger partial charge in [0.05, 0.1) is 6.42 Å². The summed E-state index contributed by atoms with van der Waals surface area (Å²) in [5.74, 6) is -0.0854. The Labute approximate surface area is 113 Å². The molecule has 1 saturated heterocycles. The van der Waals surface area contributed by atoms with E-state index in [-0.39, 0.29) is 11.7 Å². The van der Waals surface area contributed by atoms with Crippen molar-refractivity contribution < 1.29 is 9.18 Å². The van der Waals surface area contributed by atoms with Gasteiger partial charge in [-0.25, -0.2) is 4.39 Å². The molecule has 0 unspecified atom stereocenters. The molecule has 1 aliphatic carbocycles. The van der Waals surface area contributed by atoms with Gasteiger partial charge in [-0.15, -0.1) is 0 Å². The third-order valence-electron chi connectivity index (χ3n) is 4.38. The number of nitrogens with zero attached hydrogens (tertiary/aromatic N) is 1. The van der Waals surface area contributed by atoms with Crippen LogP contribution in [-0.2, 0) is 11.2 Å². The first kappa shape index (κ1) is 12.6. The van der Waals surface area contributed by atoms with Crippen molar-refractivity contribution in [1.29, 1.82) is 0 Å². The Morgan fingerprint density at radius 3 is 2.32 bits per heavy atom. The van der Waals surface area contributed by atoms with Gasteiger partial charge in [0.15, 0.2) is 0 Å². The van der Waals surface area contributed by atoms with E-state index in [0.717, 1.165) is 18.7 Å². The molecule has 19 heavy (non-hydrogen) atoms. The summed E-state index contributed by atoms with van der Waals surface area (Å²) in [4.78, 5) is 14.0. The normalized spacial score (nSPS) is 22.8. The number of halogens is 1. The van der Waals surface area contributed by atoms with Gasteiger partial charge in [-0.2, -0.15) is 0 Å². The van der Waals surface area contributed by atoms with Crippen LogP contribution in [0.15, 0.2) is 24.3 Å². The number of carbonyl (C=O) groups excluding carboxylic acids is 1. The molecule has 2 nitrogen and oxygen atoms in total. The predicted molar refractivity (Wildman–Crippen MR) is 72.1 cm³/mol. The van der Waals surface area contributed by atoms with Crippen molar-refractivity contribution in [3.63, 3.8) is 0 Å². The third-order valence-corrected chi connectivity index (χ3v) is 4.38. The van der Waals surface area contributed by atoms with Crippen LogP contribution in [-0.4, -0.2) is 23.9 Å². The van der Waals surface area contributed by atoms with Crippen LogP contribution in [0.4, 0.5) is 4.39 Å². The Hall–Kier alpha value is -1.38. The summed E-state index contributed by atoms with van der Waals surface area (Å²) in [5, 5.41) is 0. The van der Waals surface area contributed by atoms with E-state index in [1.54, 1.807) is 12.1 Å². The van der Waals surface area contributed by atoms with E-state index >= 15 is 0 Å². The number of amides is 1. The second-order valence-electron chi connectivity index (χ2n) is 7.07. The summed E-state index contributed by atoms with van der Waals surface area (Å²) in [6.07, 6.45) is 2.86. The lowest BCUT2D eigenvalue weighted by Gasteiger charge is -2.62. The maximum Gasteiger partial charge on any atom is 0.227 e. The van der Waals surface area contributed by atoms with E-state index in [2.05, 4.69) is 13.8 Å².